The van der Waals surface area contributed by atoms with Gasteiger partial charge < -0.3 is 10.5 Å². The lowest BCUT2D eigenvalue weighted by Crippen LogP contribution is -2.05. The summed E-state index contributed by atoms with van der Waals surface area (Å²) in [5, 5.41) is 0. The number of ether oxygens (including phenoxy) is 1. The third-order valence-electron chi connectivity index (χ3n) is 1.32. The van der Waals surface area contributed by atoms with Crippen molar-refractivity contribution in [1.29, 1.82) is 0 Å². The Balaban J connectivity index is 2.82. The highest BCUT2D eigenvalue weighted by molar-refractivity contribution is 7.99. The molecule has 0 spiro atoms. The maximum Gasteiger partial charge on any atom is 0.0556 e. The van der Waals surface area contributed by atoms with Crippen LogP contribution in [0.3, 0.4) is 0 Å². The fourth-order valence-corrected chi connectivity index (χ4v) is 1.53. The zero-order chi connectivity index (χ0) is 9.23. The van der Waals surface area contributed by atoms with Gasteiger partial charge in [0.25, 0.3) is 0 Å². The van der Waals surface area contributed by atoms with Crippen molar-refractivity contribution in [3.8, 4) is 0 Å². The van der Waals surface area contributed by atoms with Gasteiger partial charge in [-0.2, -0.15) is 11.8 Å². The Morgan fingerprint density at radius 2 is 2.08 bits per heavy atom. The van der Waals surface area contributed by atoms with Gasteiger partial charge in [0.2, 0.25) is 0 Å². The van der Waals surface area contributed by atoms with Crippen LogP contribution in [0.25, 0.3) is 0 Å². The molecule has 0 radical (unpaired) electrons. The van der Waals surface area contributed by atoms with Crippen LogP contribution in [0.15, 0.2) is 0 Å². The van der Waals surface area contributed by atoms with Gasteiger partial charge in [0.15, 0.2) is 0 Å². The molecule has 0 aromatic carbocycles. The molecule has 0 aliphatic heterocycles. The smallest absolute Gasteiger partial charge is 0.0556 e. The molecule has 74 valence electrons. The standard InChI is InChI=1S/C9H21NOS/c1-9(2)8-11-5-7-12-6-3-4-10/h9H,3-8,10H2,1-2H3. The molecule has 0 saturated carbocycles. The van der Waals surface area contributed by atoms with E-state index in [1.54, 1.807) is 0 Å². The molecule has 0 unspecified atom stereocenters. The molecule has 3 heteroatoms. The molecule has 0 rings (SSSR count). The first-order chi connectivity index (χ1) is 5.77. The zero-order valence-electron chi connectivity index (χ0n) is 8.21. The summed E-state index contributed by atoms with van der Waals surface area (Å²) in [6, 6.07) is 0. The van der Waals surface area contributed by atoms with Crippen molar-refractivity contribution in [3.05, 3.63) is 0 Å². The van der Waals surface area contributed by atoms with E-state index in [9.17, 15) is 0 Å². The Morgan fingerprint density at radius 3 is 2.67 bits per heavy atom. The Kier molecular flexibility index (Phi) is 9.57. The summed E-state index contributed by atoms with van der Waals surface area (Å²) in [6.45, 7) is 6.91. The molecule has 0 amide bonds. The van der Waals surface area contributed by atoms with E-state index >= 15 is 0 Å². The average molecular weight is 191 g/mol. The van der Waals surface area contributed by atoms with Gasteiger partial charge in [-0.1, -0.05) is 13.8 Å². The van der Waals surface area contributed by atoms with Crippen LogP contribution in [0.2, 0.25) is 0 Å². The predicted octanol–water partition coefficient (Wildman–Crippen LogP) is 1.74. The first kappa shape index (κ1) is 12.3. The molecule has 0 saturated heterocycles. The lowest BCUT2D eigenvalue weighted by molar-refractivity contribution is 0.124. The molecule has 0 aliphatic rings. The Labute approximate surface area is 80.2 Å². The minimum atomic E-state index is 0.652. The SMILES string of the molecule is CC(C)COCCSCCCN. The van der Waals surface area contributed by atoms with Gasteiger partial charge in [-0.15, -0.1) is 0 Å². The molecule has 2 N–H and O–H groups in total. The third kappa shape index (κ3) is 10.3. The second-order valence-corrected chi connectivity index (χ2v) is 4.45. The summed E-state index contributed by atoms with van der Waals surface area (Å²) in [5.41, 5.74) is 5.36. The first-order valence-electron chi connectivity index (χ1n) is 4.63. The molecule has 12 heavy (non-hydrogen) atoms. The summed E-state index contributed by atoms with van der Waals surface area (Å²) >= 11 is 1.92. The Hall–Kier alpha value is 0.270. The van der Waals surface area contributed by atoms with E-state index in [1.165, 1.54) is 5.75 Å². The molecule has 0 atom stereocenters. The van der Waals surface area contributed by atoms with Crippen molar-refractivity contribution in [2.24, 2.45) is 11.7 Å². The summed E-state index contributed by atoms with van der Waals surface area (Å²) in [7, 11) is 0. The minimum Gasteiger partial charge on any atom is -0.380 e. The van der Waals surface area contributed by atoms with Gasteiger partial charge in [-0.25, -0.2) is 0 Å². The molecular formula is C9H21NOS. The van der Waals surface area contributed by atoms with E-state index in [2.05, 4.69) is 13.8 Å². The lowest BCUT2D eigenvalue weighted by atomic mass is 10.2. The summed E-state index contributed by atoms with van der Waals surface area (Å²) in [6.07, 6.45) is 1.12. The maximum absolute atomic E-state index is 5.42. The second kappa shape index (κ2) is 9.36. The molecule has 0 aromatic heterocycles. The monoisotopic (exact) mass is 191 g/mol. The zero-order valence-corrected chi connectivity index (χ0v) is 9.03. The van der Waals surface area contributed by atoms with Crippen molar-refractivity contribution in [2.45, 2.75) is 20.3 Å². The predicted molar refractivity (Wildman–Crippen MR) is 56.7 cm³/mol. The van der Waals surface area contributed by atoms with E-state index in [0.717, 1.165) is 31.9 Å². The topological polar surface area (TPSA) is 35.2 Å². The molecule has 0 aliphatic carbocycles. The van der Waals surface area contributed by atoms with Crippen molar-refractivity contribution >= 4 is 11.8 Å². The van der Waals surface area contributed by atoms with Crippen molar-refractivity contribution in [2.75, 3.05) is 31.3 Å². The number of rotatable bonds is 8. The second-order valence-electron chi connectivity index (χ2n) is 3.22. The highest BCUT2D eigenvalue weighted by Gasteiger charge is 1.93. The Morgan fingerprint density at radius 1 is 1.33 bits per heavy atom. The van der Waals surface area contributed by atoms with Crippen molar-refractivity contribution in [1.82, 2.24) is 0 Å². The van der Waals surface area contributed by atoms with Crippen LogP contribution in [0, 0.1) is 5.92 Å². The molecule has 2 nitrogen and oxygen atoms in total. The van der Waals surface area contributed by atoms with Crippen LogP contribution in [0.5, 0.6) is 0 Å². The summed E-state index contributed by atoms with van der Waals surface area (Å²) in [5.74, 6) is 2.92. The van der Waals surface area contributed by atoms with Gasteiger partial charge >= 0.3 is 0 Å². The summed E-state index contributed by atoms with van der Waals surface area (Å²) in [4.78, 5) is 0. The Bertz CT molecular complexity index is 88.6. The van der Waals surface area contributed by atoms with Gasteiger partial charge in [-0.3, -0.25) is 0 Å². The van der Waals surface area contributed by atoms with E-state index in [1.807, 2.05) is 11.8 Å². The lowest BCUT2D eigenvalue weighted by Gasteiger charge is -2.05. The van der Waals surface area contributed by atoms with Crippen molar-refractivity contribution < 1.29 is 4.74 Å². The molecule has 0 aromatic rings. The van der Waals surface area contributed by atoms with Crippen LogP contribution in [-0.4, -0.2) is 31.3 Å². The largest absolute Gasteiger partial charge is 0.380 e. The first-order valence-corrected chi connectivity index (χ1v) is 5.78. The van der Waals surface area contributed by atoms with Gasteiger partial charge in [0, 0.05) is 12.4 Å². The highest BCUT2D eigenvalue weighted by atomic mass is 32.2. The highest BCUT2D eigenvalue weighted by Crippen LogP contribution is 2.01. The van der Waals surface area contributed by atoms with E-state index in [4.69, 9.17) is 10.5 Å². The van der Waals surface area contributed by atoms with Crippen LogP contribution in [0.4, 0.5) is 0 Å². The van der Waals surface area contributed by atoms with E-state index in [-0.39, 0.29) is 0 Å². The van der Waals surface area contributed by atoms with E-state index < -0.39 is 0 Å². The summed E-state index contributed by atoms with van der Waals surface area (Å²) < 4.78 is 5.42. The number of nitrogens with two attached hydrogens (primary N) is 1. The fourth-order valence-electron chi connectivity index (χ4n) is 0.724. The quantitative estimate of drug-likeness (QED) is 0.594. The maximum atomic E-state index is 5.42. The molecular weight excluding hydrogens is 170 g/mol. The van der Waals surface area contributed by atoms with Gasteiger partial charge in [-0.05, 0) is 24.6 Å². The van der Waals surface area contributed by atoms with Crippen LogP contribution in [-0.2, 0) is 4.74 Å². The van der Waals surface area contributed by atoms with Gasteiger partial charge in [0.05, 0.1) is 6.61 Å². The number of thioether (sulfide) groups is 1. The van der Waals surface area contributed by atoms with Gasteiger partial charge in [0.1, 0.15) is 0 Å². The molecule has 0 fully saturated rings. The molecule has 0 bridgehead atoms. The van der Waals surface area contributed by atoms with E-state index in [0.29, 0.717) is 5.92 Å². The minimum absolute atomic E-state index is 0.652. The van der Waals surface area contributed by atoms with Crippen LogP contribution >= 0.6 is 11.8 Å². The fraction of sp³-hybridized carbons (Fsp3) is 1.00. The number of hydrogen-bond donors (Lipinski definition) is 1. The normalized spacial score (nSPS) is 11.0. The van der Waals surface area contributed by atoms with Crippen LogP contribution < -0.4 is 5.73 Å². The average Bonchev–Trinajstić information content (AvgIpc) is 2.02. The molecule has 0 heterocycles. The third-order valence-corrected chi connectivity index (χ3v) is 2.35. The number of hydrogen-bond acceptors (Lipinski definition) is 3. The van der Waals surface area contributed by atoms with Crippen molar-refractivity contribution in [3.63, 3.8) is 0 Å². The van der Waals surface area contributed by atoms with Crippen LogP contribution in [0.1, 0.15) is 20.3 Å².